The largest absolute Gasteiger partial charge is 0.381 e. The van der Waals surface area contributed by atoms with Crippen LogP contribution in [0.4, 0.5) is 0 Å². The molecule has 15 heavy (non-hydrogen) atoms. The second kappa shape index (κ2) is 7.24. The first-order valence-corrected chi connectivity index (χ1v) is 6.16. The van der Waals surface area contributed by atoms with Gasteiger partial charge < -0.3 is 9.47 Å². The van der Waals surface area contributed by atoms with Crippen LogP contribution in [0.1, 0.15) is 41.5 Å². The lowest BCUT2D eigenvalue weighted by Gasteiger charge is -2.40. The summed E-state index contributed by atoms with van der Waals surface area (Å²) in [5.74, 6) is 1.16. The highest BCUT2D eigenvalue weighted by Gasteiger charge is 2.37. The molecule has 0 aliphatic carbocycles. The van der Waals surface area contributed by atoms with E-state index in [4.69, 9.17) is 9.47 Å². The van der Waals surface area contributed by atoms with Crippen LogP contribution in [0.3, 0.4) is 0 Å². The first-order valence-electron chi connectivity index (χ1n) is 6.16. The maximum absolute atomic E-state index is 5.64. The number of rotatable bonds is 8. The van der Waals surface area contributed by atoms with E-state index in [1.807, 2.05) is 13.8 Å². The number of hydrogen-bond acceptors (Lipinski definition) is 2. The molecule has 92 valence electrons. The van der Waals surface area contributed by atoms with Crippen molar-refractivity contribution in [2.75, 3.05) is 26.4 Å². The van der Waals surface area contributed by atoms with Gasteiger partial charge in [-0.15, -0.1) is 0 Å². The predicted molar refractivity (Wildman–Crippen MR) is 65.1 cm³/mol. The van der Waals surface area contributed by atoms with Gasteiger partial charge in [0.05, 0.1) is 13.2 Å². The Hall–Kier alpha value is -0.0800. The molecular weight excluding hydrogens is 188 g/mol. The summed E-state index contributed by atoms with van der Waals surface area (Å²) < 4.78 is 11.3. The van der Waals surface area contributed by atoms with Gasteiger partial charge in [-0.2, -0.15) is 0 Å². The van der Waals surface area contributed by atoms with Crippen LogP contribution in [0.25, 0.3) is 0 Å². The second-order valence-corrected chi connectivity index (χ2v) is 4.82. The normalized spacial score (nSPS) is 12.8. The second-order valence-electron chi connectivity index (χ2n) is 4.82. The van der Waals surface area contributed by atoms with Crippen molar-refractivity contribution < 1.29 is 9.47 Å². The molecule has 0 fully saturated rings. The molecule has 2 nitrogen and oxygen atoms in total. The van der Waals surface area contributed by atoms with Gasteiger partial charge in [0.15, 0.2) is 0 Å². The standard InChI is InChI=1S/C13H28O2/c1-7-14-9-13(11(3)4,12(5)6)10-15-8-2/h11-12H,7-10H2,1-6H3. The Morgan fingerprint density at radius 3 is 1.33 bits per heavy atom. The molecule has 0 unspecified atom stereocenters. The SMILES string of the molecule is CCOCC(COCC)(C(C)C)C(C)C. The van der Waals surface area contributed by atoms with Gasteiger partial charge in [0.25, 0.3) is 0 Å². The fourth-order valence-corrected chi connectivity index (χ4v) is 1.96. The summed E-state index contributed by atoms with van der Waals surface area (Å²) in [7, 11) is 0. The van der Waals surface area contributed by atoms with Gasteiger partial charge in [-0.25, -0.2) is 0 Å². The maximum atomic E-state index is 5.64. The summed E-state index contributed by atoms with van der Waals surface area (Å²) in [6.45, 7) is 16.3. The van der Waals surface area contributed by atoms with Crippen LogP contribution in [-0.4, -0.2) is 26.4 Å². The van der Waals surface area contributed by atoms with Crippen molar-refractivity contribution in [3.8, 4) is 0 Å². The lowest BCUT2D eigenvalue weighted by molar-refractivity contribution is -0.0704. The minimum absolute atomic E-state index is 0.159. The van der Waals surface area contributed by atoms with Gasteiger partial charge >= 0.3 is 0 Å². The minimum atomic E-state index is 0.159. The highest BCUT2D eigenvalue weighted by Crippen LogP contribution is 2.36. The lowest BCUT2D eigenvalue weighted by Crippen LogP contribution is -2.42. The topological polar surface area (TPSA) is 18.5 Å². The molecule has 0 aromatic heterocycles. The Morgan fingerprint density at radius 1 is 0.800 bits per heavy atom. The molecule has 2 heteroatoms. The van der Waals surface area contributed by atoms with Crippen LogP contribution in [0, 0.1) is 17.3 Å². The van der Waals surface area contributed by atoms with Gasteiger partial charge in [0.1, 0.15) is 0 Å². The third-order valence-corrected chi connectivity index (χ3v) is 3.45. The zero-order valence-corrected chi connectivity index (χ0v) is 11.3. The van der Waals surface area contributed by atoms with E-state index >= 15 is 0 Å². The van der Waals surface area contributed by atoms with Crippen molar-refractivity contribution >= 4 is 0 Å². The Bertz CT molecular complexity index is 135. The molecule has 0 amide bonds. The van der Waals surface area contributed by atoms with Crippen LogP contribution in [0.5, 0.6) is 0 Å². The molecule has 0 aliphatic rings. The van der Waals surface area contributed by atoms with Crippen LogP contribution in [0.2, 0.25) is 0 Å². The average molecular weight is 216 g/mol. The summed E-state index contributed by atoms with van der Waals surface area (Å²) >= 11 is 0. The molecule has 0 heterocycles. The number of hydrogen-bond donors (Lipinski definition) is 0. The molecule has 0 atom stereocenters. The third-order valence-electron chi connectivity index (χ3n) is 3.45. The summed E-state index contributed by atoms with van der Waals surface area (Å²) in [4.78, 5) is 0. The summed E-state index contributed by atoms with van der Waals surface area (Å²) in [6.07, 6.45) is 0. The molecule has 0 aliphatic heterocycles. The zero-order chi connectivity index (χ0) is 11.9. The maximum Gasteiger partial charge on any atom is 0.0549 e. The Balaban J connectivity index is 4.57. The van der Waals surface area contributed by atoms with Crippen LogP contribution < -0.4 is 0 Å². The summed E-state index contributed by atoms with van der Waals surface area (Å²) in [5.41, 5.74) is 0.159. The highest BCUT2D eigenvalue weighted by molar-refractivity contribution is 4.85. The van der Waals surface area contributed by atoms with Crippen molar-refractivity contribution in [1.29, 1.82) is 0 Å². The Morgan fingerprint density at radius 2 is 1.13 bits per heavy atom. The molecule has 0 saturated heterocycles. The average Bonchev–Trinajstić information content (AvgIpc) is 2.17. The quantitative estimate of drug-likeness (QED) is 0.619. The summed E-state index contributed by atoms with van der Waals surface area (Å²) in [5, 5.41) is 0. The van der Waals surface area contributed by atoms with Gasteiger partial charge in [0, 0.05) is 18.6 Å². The van der Waals surface area contributed by atoms with Crippen molar-refractivity contribution in [1.82, 2.24) is 0 Å². The van der Waals surface area contributed by atoms with Crippen LogP contribution in [-0.2, 0) is 9.47 Å². The smallest absolute Gasteiger partial charge is 0.0549 e. The molecular formula is C13H28O2. The van der Waals surface area contributed by atoms with Crippen molar-refractivity contribution in [3.05, 3.63) is 0 Å². The molecule has 0 spiro atoms. The van der Waals surface area contributed by atoms with Crippen molar-refractivity contribution in [3.63, 3.8) is 0 Å². The molecule has 0 radical (unpaired) electrons. The molecule has 0 aromatic carbocycles. The molecule has 0 bridgehead atoms. The van der Waals surface area contributed by atoms with E-state index < -0.39 is 0 Å². The van der Waals surface area contributed by atoms with E-state index in [1.54, 1.807) is 0 Å². The predicted octanol–water partition coefficient (Wildman–Crippen LogP) is 3.36. The first kappa shape index (κ1) is 14.9. The Kier molecular flexibility index (Phi) is 7.20. The van der Waals surface area contributed by atoms with Gasteiger partial charge in [0.2, 0.25) is 0 Å². The fraction of sp³-hybridized carbons (Fsp3) is 1.00. The first-order chi connectivity index (χ1) is 7.01. The van der Waals surface area contributed by atoms with Crippen LogP contribution in [0.15, 0.2) is 0 Å². The van der Waals surface area contributed by atoms with Crippen molar-refractivity contribution in [2.24, 2.45) is 17.3 Å². The molecule has 0 saturated carbocycles. The van der Waals surface area contributed by atoms with E-state index in [-0.39, 0.29) is 5.41 Å². The Labute approximate surface area is 95.3 Å². The van der Waals surface area contributed by atoms with E-state index in [9.17, 15) is 0 Å². The zero-order valence-electron chi connectivity index (χ0n) is 11.3. The van der Waals surface area contributed by atoms with E-state index in [2.05, 4.69) is 27.7 Å². The molecule has 0 N–H and O–H groups in total. The van der Waals surface area contributed by atoms with Crippen molar-refractivity contribution in [2.45, 2.75) is 41.5 Å². The van der Waals surface area contributed by atoms with E-state index in [1.165, 1.54) is 0 Å². The van der Waals surface area contributed by atoms with Gasteiger partial charge in [-0.1, -0.05) is 27.7 Å². The van der Waals surface area contributed by atoms with Crippen LogP contribution >= 0.6 is 0 Å². The summed E-state index contributed by atoms with van der Waals surface area (Å²) in [6, 6.07) is 0. The highest BCUT2D eigenvalue weighted by atomic mass is 16.5. The molecule has 0 rings (SSSR count). The van der Waals surface area contributed by atoms with Gasteiger partial charge in [-0.3, -0.25) is 0 Å². The molecule has 0 aromatic rings. The monoisotopic (exact) mass is 216 g/mol. The number of ether oxygens (including phenoxy) is 2. The van der Waals surface area contributed by atoms with E-state index in [0.29, 0.717) is 11.8 Å². The fourth-order valence-electron chi connectivity index (χ4n) is 1.96. The minimum Gasteiger partial charge on any atom is -0.381 e. The third kappa shape index (κ3) is 4.12. The van der Waals surface area contributed by atoms with Gasteiger partial charge in [-0.05, 0) is 25.7 Å². The lowest BCUT2D eigenvalue weighted by atomic mass is 9.70. The van der Waals surface area contributed by atoms with E-state index in [0.717, 1.165) is 26.4 Å².